The Morgan fingerprint density at radius 3 is 2.82 bits per heavy atom. The third kappa shape index (κ3) is 2.58. The molecule has 1 fully saturated rings. The van der Waals surface area contributed by atoms with Gasteiger partial charge in [-0.25, -0.2) is 0 Å². The highest BCUT2D eigenvalue weighted by atomic mass is 35.5. The number of halogens is 1. The summed E-state index contributed by atoms with van der Waals surface area (Å²) in [5.74, 6) is 0. The first kappa shape index (κ1) is 12.7. The Balaban J connectivity index is 2.20. The average Bonchev–Trinajstić information content (AvgIpc) is 2.33. The Morgan fingerprint density at radius 1 is 1.41 bits per heavy atom. The molecule has 2 nitrogen and oxygen atoms in total. The molecule has 17 heavy (non-hydrogen) atoms. The predicted molar refractivity (Wildman–Crippen MR) is 75.1 cm³/mol. The molecule has 1 aliphatic rings. The summed E-state index contributed by atoms with van der Waals surface area (Å²) in [5, 5.41) is 4.25. The molecule has 0 saturated carbocycles. The highest BCUT2D eigenvalue weighted by molar-refractivity contribution is 6.31. The summed E-state index contributed by atoms with van der Waals surface area (Å²) in [6, 6.07) is 7.41. The third-order valence-corrected chi connectivity index (χ3v) is 4.24. The third-order valence-electron chi connectivity index (χ3n) is 3.83. The monoisotopic (exact) mass is 252 g/mol. The molecular formula is C14H21ClN2. The molecule has 2 rings (SSSR count). The van der Waals surface area contributed by atoms with E-state index in [4.69, 9.17) is 11.6 Å². The van der Waals surface area contributed by atoms with Gasteiger partial charge in [0.1, 0.15) is 0 Å². The number of hydrogen-bond acceptors (Lipinski definition) is 2. The van der Waals surface area contributed by atoms with E-state index in [0.717, 1.165) is 11.6 Å². The van der Waals surface area contributed by atoms with Crippen LogP contribution < -0.4 is 10.2 Å². The molecule has 1 N–H and O–H groups in total. The van der Waals surface area contributed by atoms with Gasteiger partial charge >= 0.3 is 0 Å². The number of nitrogens with one attached hydrogen (secondary N) is 1. The van der Waals surface area contributed by atoms with Crippen LogP contribution in [0.5, 0.6) is 0 Å². The number of hydrogen-bond donors (Lipinski definition) is 1. The van der Waals surface area contributed by atoms with Crippen LogP contribution in [0.15, 0.2) is 18.2 Å². The first-order chi connectivity index (χ1) is 8.13. The van der Waals surface area contributed by atoms with Crippen molar-refractivity contribution >= 4 is 17.3 Å². The molecule has 1 aromatic rings. The Labute approximate surface area is 109 Å². The van der Waals surface area contributed by atoms with Crippen molar-refractivity contribution in [2.45, 2.75) is 38.8 Å². The van der Waals surface area contributed by atoms with Crippen molar-refractivity contribution in [2.75, 3.05) is 18.5 Å². The predicted octanol–water partition coefficient (Wildman–Crippen LogP) is 3.23. The van der Waals surface area contributed by atoms with Gasteiger partial charge in [-0.2, -0.15) is 0 Å². The van der Waals surface area contributed by atoms with E-state index in [-0.39, 0.29) is 0 Å². The molecule has 2 unspecified atom stereocenters. The van der Waals surface area contributed by atoms with Crippen LogP contribution in [0.1, 0.15) is 25.3 Å². The van der Waals surface area contributed by atoms with Gasteiger partial charge in [0.25, 0.3) is 0 Å². The fourth-order valence-electron chi connectivity index (χ4n) is 2.70. The van der Waals surface area contributed by atoms with Crippen molar-refractivity contribution in [2.24, 2.45) is 0 Å². The SMILES string of the molecule is CNC1CCN(c2cccc(Cl)c2C)C(C)C1. The zero-order valence-corrected chi connectivity index (χ0v) is 11.6. The van der Waals surface area contributed by atoms with E-state index in [1.807, 2.05) is 12.1 Å². The Kier molecular flexibility index (Phi) is 3.95. The van der Waals surface area contributed by atoms with Crippen LogP contribution in [-0.4, -0.2) is 25.7 Å². The first-order valence-corrected chi connectivity index (χ1v) is 6.70. The molecule has 0 aliphatic carbocycles. The van der Waals surface area contributed by atoms with E-state index in [9.17, 15) is 0 Å². The second-order valence-corrected chi connectivity index (χ2v) is 5.34. The lowest BCUT2D eigenvalue weighted by atomic mass is 9.97. The van der Waals surface area contributed by atoms with Crippen LogP contribution in [0.3, 0.4) is 0 Å². The molecule has 1 aromatic carbocycles. The molecule has 1 heterocycles. The molecule has 1 saturated heterocycles. The van der Waals surface area contributed by atoms with Gasteiger partial charge in [0.05, 0.1) is 0 Å². The highest BCUT2D eigenvalue weighted by Crippen LogP contribution is 2.31. The molecule has 0 radical (unpaired) electrons. The number of benzene rings is 1. The molecule has 1 aliphatic heterocycles. The number of nitrogens with zero attached hydrogens (tertiary/aromatic N) is 1. The topological polar surface area (TPSA) is 15.3 Å². The largest absolute Gasteiger partial charge is 0.368 e. The average molecular weight is 253 g/mol. The standard InChI is InChI=1S/C14H21ClN2/c1-10-9-12(16-3)7-8-17(10)14-6-4-5-13(15)11(14)2/h4-6,10,12,16H,7-9H2,1-3H3. The van der Waals surface area contributed by atoms with E-state index in [0.29, 0.717) is 12.1 Å². The minimum absolute atomic E-state index is 0.568. The molecule has 3 heteroatoms. The van der Waals surface area contributed by atoms with E-state index in [1.165, 1.54) is 24.1 Å². The van der Waals surface area contributed by atoms with Gasteiger partial charge in [0, 0.05) is 29.3 Å². The van der Waals surface area contributed by atoms with Crippen LogP contribution in [0, 0.1) is 6.92 Å². The van der Waals surface area contributed by atoms with E-state index >= 15 is 0 Å². The minimum atomic E-state index is 0.568. The van der Waals surface area contributed by atoms with Gasteiger partial charge in [0.2, 0.25) is 0 Å². The van der Waals surface area contributed by atoms with Crippen molar-refractivity contribution in [1.82, 2.24) is 5.32 Å². The van der Waals surface area contributed by atoms with Gasteiger partial charge < -0.3 is 10.2 Å². The summed E-state index contributed by atoms with van der Waals surface area (Å²) in [4.78, 5) is 2.48. The van der Waals surface area contributed by atoms with Gasteiger partial charge in [0.15, 0.2) is 0 Å². The second-order valence-electron chi connectivity index (χ2n) is 4.94. The number of rotatable bonds is 2. The quantitative estimate of drug-likeness (QED) is 0.870. The number of anilines is 1. The van der Waals surface area contributed by atoms with Crippen molar-refractivity contribution in [3.8, 4) is 0 Å². The Bertz CT molecular complexity index is 392. The van der Waals surface area contributed by atoms with Crippen molar-refractivity contribution < 1.29 is 0 Å². The smallest absolute Gasteiger partial charge is 0.0455 e. The van der Waals surface area contributed by atoms with Crippen LogP contribution in [0.2, 0.25) is 5.02 Å². The summed E-state index contributed by atoms with van der Waals surface area (Å²) in [7, 11) is 2.05. The maximum absolute atomic E-state index is 6.20. The summed E-state index contributed by atoms with van der Waals surface area (Å²) >= 11 is 6.20. The van der Waals surface area contributed by atoms with Crippen LogP contribution in [-0.2, 0) is 0 Å². The minimum Gasteiger partial charge on any atom is -0.368 e. The lowest BCUT2D eigenvalue weighted by molar-refractivity contribution is 0.387. The maximum Gasteiger partial charge on any atom is 0.0455 e. The normalized spacial score (nSPS) is 25.1. The molecule has 2 atom stereocenters. The van der Waals surface area contributed by atoms with E-state index < -0.39 is 0 Å². The van der Waals surface area contributed by atoms with Crippen molar-refractivity contribution in [3.63, 3.8) is 0 Å². The van der Waals surface area contributed by atoms with Gasteiger partial charge in [-0.3, -0.25) is 0 Å². The fourth-order valence-corrected chi connectivity index (χ4v) is 2.87. The van der Waals surface area contributed by atoms with Crippen LogP contribution >= 0.6 is 11.6 Å². The fraction of sp³-hybridized carbons (Fsp3) is 0.571. The van der Waals surface area contributed by atoms with Gasteiger partial charge in [-0.05, 0) is 51.4 Å². The molecule has 0 spiro atoms. The van der Waals surface area contributed by atoms with Crippen molar-refractivity contribution in [3.05, 3.63) is 28.8 Å². The summed E-state index contributed by atoms with van der Waals surface area (Å²) in [5.41, 5.74) is 2.49. The Morgan fingerprint density at radius 2 is 2.18 bits per heavy atom. The lowest BCUT2D eigenvalue weighted by Crippen LogP contribution is -2.46. The molecule has 0 aromatic heterocycles. The van der Waals surface area contributed by atoms with Gasteiger partial charge in [-0.1, -0.05) is 17.7 Å². The number of piperidine rings is 1. The van der Waals surface area contributed by atoms with E-state index in [2.05, 4.69) is 37.2 Å². The maximum atomic E-state index is 6.20. The molecule has 0 amide bonds. The molecule has 94 valence electrons. The second kappa shape index (κ2) is 5.28. The summed E-state index contributed by atoms with van der Waals surface area (Å²) in [6.45, 7) is 5.51. The van der Waals surface area contributed by atoms with Crippen LogP contribution in [0.25, 0.3) is 0 Å². The van der Waals surface area contributed by atoms with Crippen molar-refractivity contribution in [1.29, 1.82) is 0 Å². The zero-order valence-electron chi connectivity index (χ0n) is 10.8. The Hall–Kier alpha value is -0.730. The van der Waals surface area contributed by atoms with E-state index in [1.54, 1.807) is 0 Å². The first-order valence-electron chi connectivity index (χ1n) is 6.32. The molecule has 0 bridgehead atoms. The van der Waals surface area contributed by atoms with Crippen LogP contribution in [0.4, 0.5) is 5.69 Å². The lowest BCUT2D eigenvalue weighted by Gasteiger charge is -2.40. The highest BCUT2D eigenvalue weighted by Gasteiger charge is 2.25. The molecular weight excluding hydrogens is 232 g/mol. The zero-order chi connectivity index (χ0) is 12.4. The summed E-state index contributed by atoms with van der Waals surface area (Å²) < 4.78 is 0. The van der Waals surface area contributed by atoms with Gasteiger partial charge in [-0.15, -0.1) is 0 Å². The summed E-state index contributed by atoms with van der Waals surface area (Å²) in [6.07, 6.45) is 2.40.